The molecule has 0 saturated carbocycles. The highest BCUT2D eigenvalue weighted by atomic mass is 35.5. The van der Waals surface area contributed by atoms with E-state index in [1.54, 1.807) is 0 Å². The number of hydrogen-bond donors (Lipinski definition) is 2. The third kappa shape index (κ3) is 5.15. The van der Waals surface area contributed by atoms with Gasteiger partial charge >= 0.3 is 0 Å². The van der Waals surface area contributed by atoms with Crippen molar-refractivity contribution in [3.05, 3.63) is 36.2 Å². The van der Waals surface area contributed by atoms with Gasteiger partial charge in [0.05, 0.1) is 11.2 Å². The van der Waals surface area contributed by atoms with Crippen LogP contribution in [0.25, 0.3) is 0 Å². The summed E-state index contributed by atoms with van der Waals surface area (Å²) in [4.78, 5) is 0.137. The molecule has 0 saturated heterocycles. The summed E-state index contributed by atoms with van der Waals surface area (Å²) in [6.45, 7) is 0.105. The van der Waals surface area contributed by atoms with Crippen molar-refractivity contribution in [2.24, 2.45) is 5.73 Å². The van der Waals surface area contributed by atoms with Crippen LogP contribution in [0.4, 0.5) is 4.39 Å². The molecule has 0 aliphatic heterocycles. The zero-order valence-corrected chi connectivity index (χ0v) is 11.9. The Labute approximate surface area is 118 Å². The summed E-state index contributed by atoms with van der Waals surface area (Å²) in [5, 5.41) is 0. The molecule has 1 aromatic carbocycles. The van der Waals surface area contributed by atoms with Crippen LogP contribution < -0.4 is 15.2 Å². The topological polar surface area (TPSA) is 81.4 Å². The molecular formula is C11H16ClFN2O3S. The Morgan fingerprint density at radius 2 is 2.00 bits per heavy atom. The largest absolute Gasteiger partial charge is 0.489 e. The molecule has 8 heteroatoms. The predicted molar refractivity (Wildman–Crippen MR) is 73.7 cm³/mol. The van der Waals surface area contributed by atoms with E-state index in [2.05, 4.69) is 4.72 Å². The maximum Gasteiger partial charge on any atom is 0.240 e. The van der Waals surface area contributed by atoms with Crippen LogP contribution in [-0.2, 0) is 10.0 Å². The van der Waals surface area contributed by atoms with E-state index in [0.29, 0.717) is 17.7 Å². The highest BCUT2D eigenvalue weighted by Crippen LogP contribution is 2.16. The molecule has 0 atom stereocenters. The van der Waals surface area contributed by atoms with Crippen LogP contribution in [0.3, 0.4) is 0 Å². The summed E-state index contributed by atoms with van der Waals surface area (Å²) in [7, 11) is -2.12. The van der Waals surface area contributed by atoms with Crippen molar-refractivity contribution in [2.45, 2.75) is 4.90 Å². The van der Waals surface area contributed by atoms with E-state index in [9.17, 15) is 12.8 Å². The average Bonchev–Trinajstić information content (AvgIpc) is 2.40. The number of nitrogens with two attached hydrogens (primary N) is 1. The Morgan fingerprint density at radius 1 is 1.42 bits per heavy atom. The van der Waals surface area contributed by atoms with Gasteiger partial charge in [-0.1, -0.05) is 0 Å². The molecule has 1 rings (SSSR count). The second-order valence-corrected chi connectivity index (χ2v) is 5.33. The molecule has 0 amide bonds. The maximum atomic E-state index is 12.2. The molecule has 0 aromatic heterocycles. The standard InChI is InChI=1S/C11H15FN2O3S.ClH/c1-14-18(15,16)11-4-2-10(3-5-11)17-8-9(6-12)7-13;/h2-6,14H,7-8,13H2,1H3;1H/b9-6-;. The van der Waals surface area contributed by atoms with Crippen molar-refractivity contribution in [1.29, 1.82) is 0 Å². The zero-order chi connectivity index (χ0) is 13.6. The summed E-state index contributed by atoms with van der Waals surface area (Å²) < 4.78 is 42.6. The van der Waals surface area contributed by atoms with Crippen molar-refractivity contribution < 1.29 is 17.5 Å². The van der Waals surface area contributed by atoms with Gasteiger partial charge in [-0.2, -0.15) is 0 Å². The lowest BCUT2D eigenvalue weighted by atomic mass is 10.3. The molecule has 0 unspecified atom stereocenters. The Balaban J connectivity index is 0.00000324. The zero-order valence-electron chi connectivity index (χ0n) is 10.3. The highest BCUT2D eigenvalue weighted by molar-refractivity contribution is 7.89. The van der Waals surface area contributed by atoms with Crippen LogP contribution in [0.15, 0.2) is 41.1 Å². The lowest BCUT2D eigenvalue weighted by molar-refractivity contribution is 0.347. The van der Waals surface area contributed by atoms with Crippen molar-refractivity contribution in [3.8, 4) is 5.75 Å². The molecular weight excluding hydrogens is 295 g/mol. The molecule has 0 bridgehead atoms. The van der Waals surface area contributed by atoms with Gasteiger partial charge in [-0.25, -0.2) is 17.5 Å². The first-order valence-electron chi connectivity index (χ1n) is 5.18. The minimum Gasteiger partial charge on any atom is -0.489 e. The molecule has 3 N–H and O–H groups in total. The molecule has 0 heterocycles. The van der Waals surface area contributed by atoms with E-state index in [4.69, 9.17) is 10.5 Å². The van der Waals surface area contributed by atoms with Crippen LogP contribution >= 0.6 is 12.4 Å². The molecule has 19 heavy (non-hydrogen) atoms. The summed E-state index contributed by atoms with van der Waals surface area (Å²) in [6.07, 6.45) is 0.403. The number of sulfonamides is 1. The van der Waals surface area contributed by atoms with Gasteiger partial charge in [0.2, 0.25) is 10.0 Å². The third-order valence-corrected chi connectivity index (χ3v) is 3.67. The Hall–Kier alpha value is -1.15. The van der Waals surface area contributed by atoms with Crippen LogP contribution in [0, 0.1) is 0 Å². The fourth-order valence-corrected chi connectivity index (χ4v) is 1.87. The average molecular weight is 311 g/mol. The van der Waals surface area contributed by atoms with E-state index >= 15 is 0 Å². The van der Waals surface area contributed by atoms with Gasteiger partial charge in [-0.15, -0.1) is 12.4 Å². The first-order valence-corrected chi connectivity index (χ1v) is 6.66. The van der Waals surface area contributed by atoms with Gasteiger partial charge in [0.1, 0.15) is 12.4 Å². The van der Waals surface area contributed by atoms with Crippen LogP contribution in [0.1, 0.15) is 0 Å². The molecule has 5 nitrogen and oxygen atoms in total. The number of hydrogen-bond acceptors (Lipinski definition) is 4. The molecule has 0 aliphatic carbocycles. The van der Waals surface area contributed by atoms with E-state index in [1.807, 2.05) is 0 Å². The normalized spacial score (nSPS) is 11.8. The second kappa shape index (κ2) is 8.11. The first-order chi connectivity index (χ1) is 8.53. The molecule has 0 radical (unpaired) electrons. The van der Waals surface area contributed by atoms with Crippen molar-refractivity contribution in [1.82, 2.24) is 4.72 Å². The number of rotatable bonds is 6. The fourth-order valence-electron chi connectivity index (χ4n) is 1.14. The summed E-state index contributed by atoms with van der Waals surface area (Å²) >= 11 is 0. The lowest BCUT2D eigenvalue weighted by Gasteiger charge is -2.08. The van der Waals surface area contributed by atoms with Crippen LogP contribution in [0.2, 0.25) is 0 Å². The van der Waals surface area contributed by atoms with Gasteiger partial charge < -0.3 is 10.5 Å². The van der Waals surface area contributed by atoms with E-state index in [-0.39, 0.29) is 30.5 Å². The van der Waals surface area contributed by atoms with E-state index in [0.717, 1.165) is 0 Å². The van der Waals surface area contributed by atoms with Gasteiger partial charge in [-0.05, 0) is 31.3 Å². The van der Waals surface area contributed by atoms with E-state index in [1.165, 1.54) is 31.3 Å². The quantitative estimate of drug-likeness (QED) is 0.827. The highest BCUT2D eigenvalue weighted by Gasteiger charge is 2.10. The molecule has 0 spiro atoms. The minimum atomic E-state index is -3.45. The van der Waals surface area contributed by atoms with Crippen LogP contribution in [0.5, 0.6) is 5.75 Å². The fraction of sp³-hybridized carbons (Fsp3) is 0.273. The predicted octanol–water partition coefficient (Wildman–Crippen LogP) is 1.21. The minimum absolute atomic E-state index is 0. The van der Waals surface area contributed by atoms with Gasteiger partial charge in [0.15, 0.2) is 0 Å². The number of nitrogens with one attached hydrogen (secondary N) is 1. The number of ether oxygens (including phenoxy) is 1. The van der Waals surface area contributed by atoms with Gasteiger partial charge in [0, 0.05) is 12.1 Å². The van der Waals surface area contributed by atoms with Crippen molar-refractivity contribution >= 4 is 22.4 Å². The van der Waals surface area contributed by atoms with Gasteiger partial charge in [0.25, 0.3) is 0 Å². The number of halogens is 2. The number of benzene rings is 1. The van der Waals surface area contributed by atoms with E-state index < -0.39 is 10.0 Å². The Bertz CT molecular complexity index is 517. The van der Waals surface area contributed by atoms with Crippen molar-refractivity contribution in [3.63, 3.8) is 0 Å². The molecule has 0 aliphatic rings. The first kappa shape index (κ1) is 17.8. The lowest BCUT2D eigenvalue weighted by Crippen LogP contribution is -2.18. The second-order valence-electron chi connectivity index (χ2n) is 3.44. The summed E-state index contributed by atoms with van der Waals surface area (Å²) in [5.41, 5.74) is 5.59. The third-order valence-electron chi connectivity index (χ3n) is 2.24. The molecule has 0 fully saturated rings. The van der Waals surface area contributed by atoms with Crippen molar-refractivity contribution in [2.75, 3.05) is 20.2 Å². The van der Waals surface area contributed by atoms with Gasteiger partial charge in [-0.3, -0.25) is 0 Å². The molecule has 108 valence electrons. The smallest absolute Gasteiger partial charge is 0.240 e. The molecule has 1 aromatic rings. The van der Waals surface area contributed by atoms with Crippen LogP contribution in [-0.4, -0.2) is 28.6 Å². The monoisotopic (exact) mass is 310 g/mol. The maximum absolute atomic E-state index is 12.2. The Morgan fingerprint density at radius 3 is 2.42 bits per heavy atom. The summed E-state index contributed by atoms with van der Waals surface area (Å²) in [5.74, 6) is 0.442. The Kier molecular flexibility index (Phi) is 7.62. The summed E-state index contributed by atoms with van der Waals surface area (Å²) in [6, 6.07) is 5.80. The SMILES string of the molecule is CNS(=O)(=O)c1ccc(OC/C(=C\F)CN)cc1.Cl.